The quantitative estimate of drug-likeness (QED) is 0.158. The molecule has 0 bridgehead atoms. The fourth-order valence-electron chi connectivity index (χ4n) is 14.0. The molecule has 0 amide bonds. The molecule has 0 fully saturated rings. The van der Waals surface area contributed by atoms with Gasteiger partial charge in [0.2, 0.25) is 0 Å². The lowest BCUT2D eigenvalue weighted by molar-refractivity contribution is 0.660. The van der Waals surface area contributed by atoms with Crippen LogP contribution in [0.3, 0.4) is 0 Å². The summed E-state index contributed by atoms with van der Waals surface area (Å²) in [5, 5.41) is 9.87. The number of benzene rings is 12. The van der Waals surface area contributed by atoms with Crippen molar-refractivity contribution in [2.24, 2.45) is 0 Å². The van der Waals surface area contributed by atoms with Crippen LogP contribution in [0.2, 0.25) is 0 Å². The Labute approximate surface area is 456 Å². The second kappa shape index (κ2) is 16.4. The van der Waals surface area contributed by atoms with Crippen LogP contribution in [0.5, 0.6) is 0 Å². The lowest BCUT2D eigenvalue weighted by atomic mass is 9.82. The van der Waals surface area contributed by atoms with E-state index in [1.165, 1.54) is 126 Å². The molecule has 370 valence electrons. The van der Waals surface area contributed by atoms with Crippen molar-refractivity contribution >= 4 is 87.2 Å². The number of rotatable bonds is 6. The van der Waals surface area contributed by atoms with E-state index in [1.807, 2.05) is 0 Å². The Bertz CT molecular complexity index is 5180. The number of para-hydroxylation sites is 6. The lowest BCUT2D eigenvalue weighted by Crippen LogP contribution is -2.15. The first-order valence-electron chi connectivity index (χ1n) is 27.5. The van der Waals surface area contributed by atoms with E-state index < -0.39 is 0 Å². The zero-order chi connectivity index (χ0) is 52.1. The Morgan fingerprint density at radius 3 is 1.30 bits per heavy atom. The van der Waals surface area contributed by atoms with Gasteiger partial charge in [0.15, 0.2) is 0 Å². The van der Waals surface area contributed by atoms with Gasteiger partial charge in [-0.05, 0) is 154 Å². The highest BCUT2D eigenvalue weighted by atomic mass is 15.0. The molecule has 1 aliphatic rings. The third-order valence-corrected chi connectivity index (χ3v) is 17.5. The molecule has 4 aromatic heterocycles. The van der Waals surface area contributed by atoms with Crippen LogP contribution in [0.15, 0.2) is 267 Å². The van der Waals surface area contributed by atoms with Crippen LogP contribution in [0.4, 0.5) is 0 Å². The van der Waals surface area contributed by atoms with E-state index >= 15 is 0 Å². The zero-order valence-corrected chi connectivity index (χ0v) is 43.7. The molecule has 4 heterocycles. The van der Waals surface area contributed by atoms with Crippen molar-refractivity contribution < 1.29 is 0 Å². The van der Waals surface area contributed by atoms with E-state index in [0.717, 1.165) is 28.1 Å². The average Bonchev–Trinajstić information content (AvgIpc) is 4.49. The van der Waals surface area contributed by atoms with Gasteiger partial charge in [-0.25, -0.2) is 0 Å². The number of hydrogen-bond acceptors (Lipinski definition) is 0. The predicted octanol–water partition coefficient (Wildman–Crippen LogP) is 19.7. The van der Waals surface area contributed by atoms with Crippen molar-refractivity contribution in [2.75, 3.05) is 0 Å². The van der Waals surface area contributed by atoms with Crippen molar-refractivity contribution in [3.8, 4) is 56.1 Å². The van der Waals surface area contributed by atoms with Crippen LogP contribution in [-0.4, -0.2) is 18.3 Å². The van der Waals surface area contributed by atoms with Crippen LogP contribution in [0, 0.1) is 0 Å². The van der Waals surface area contributed by atoms with Gasteiger partial charge < -0.3 is 18.3 Å². The standard InChI is InChI=1S/C75H50N4/c1-75(2)63-27-12-6-21-54(63)55-38-37-52(46-64(55)75)77-67-30-15-9-24-58(67)61-44-47(35-39-70(61)77)49-41-50(43-53(42-49)78-65-28-13-7-22-56(65)57-23-8-14-29-66(57)78)48-36-40-71-62(45-48)59-25-10-16-31-68(59)79(71)73-34-18-33-72-74(73)60-26-11-17-32-69(60)76(72)51-19-4-3-5-20-51/h3-46H,1-2H3. The highest BCUT2D eigenvalue weighted by Crippen LogP contribution is 2.50. The first kappa shape index (κ1) is 44.0. The third kappa shape index (κ3) is 6.25. The van der Waals surface area contributed by atoms with E-state index in [9.17, 15) is 0 Å². The first-order chi connectivity index (χ1) is 39.0. The minimum atomic E-state index is -0.103. The molecule has 0 saturated heterocycles. The van der Waals surface area contributed by atoms with Gasteiger partial charge in [-0.2, -0.15) is 0 Å². The Balaban J connectivity index is 0.873. The molecule has 0 unspecified atom stereocenters. The maximum Gasteiger partial charge on any atom is 0.0562 e. The number of nitrogens with zero attached hydrogens (tertiary/aromatic N) is 4. The van der Waals surface area contributed by atoms with Crippen molar-refractivity contribution in [1.29, 1.82) is 0 Å². The summed E-state index contributed by atoms with van der Waals surface area (Å²) >= 11 is 0. The van der Waals surface area contributed by atoms with Gasteiger partial charge in [0.1, 0.15) is 0 Å². The fourth-order valence-corrected chi connectivity index (χ4v) is 14.0. The summed E-state index contributed by atoms with van der Waals surface area (Å²) in [6, 6.07) is 99.4. The molecular weight excluding hydrogens is 957 g/mol. The smallest absolute Gasteiger partial charge is 0.0562 e. The molecule has 1 aliphatic carbocycles. The molecule has 0 spiro atoms. The summed E-state index contributed by atoms with van der Waals surface area (Å²) in [5.74, 6) is 0. The normalized spacial score (nSPS) is 13.0. The minimum Gasteiger partial charge on any atom is -0.309 e. The van der Waals surface area contributed by atoms with Gasteiger partial charge in [-0.15, -0.1) is 0 Å². The summed E-state index contributed by atoms with van der Waals surface area (Å²) in [5.41, 5.74) is 24.1. The number of aromatic nitrogens is 4. The molecule has 0 atom stereocenters. The van der Waals surface area contributed by atoms with Crippen LogP contribution in [0.25, 0.3) is 143 Å². The molecule has 0 N–H and O–H groups in total. The van der Waals surface area contributed by atoms with E-state index in [0.29, 0.717) is 0 Å². The van der Waals surface area contributed by atoms with Crippen molar-refractivity contribution in [2.45, 2.75) is 19.3 Å². The topological polar surface area (TPSA) is 19.7 Å². The second-order valence-corrected chi connectivity index (χ2v) is 22.1. The molecule has 0 saturated carbocycles. The third-order valence-electron chi connectivity index (χ3n) is 17.5. The molecule has 0 aliphatic heterocycles. The summed E-state index contributed by atoms with van der Waals surface area (Å²) in [4.78, 5) is 0. The maximum atomic E-state index is 2.49. The average molecular weight is 1010 g/mol. The summed E-state index contributed by atoms with van der Waals surface area (Å²) < 4.78 is 9.84. The van der Waals surface area contributed by atoms with Crippen molar-refractivity contribution in [1.82, 2.24) is 18.3 Å². The Kier molecular flexibility index (Phi) is 9.15. The van der Waals surface area contributed by atoms with E-state index in [4.69, 9.17) is 0 Å². The Morgan fingerprint density at radius 2 is 0.684 bits per heavy atom. The highest BCUT2D eigenvalue weighted by molar-refractivity contribution is 6.17. The van der Waals surface area contributed by atoms with Crippen molar-refractivity contribution in [3.05, 3.63) is 278 Å². The van der Waals surface area contributed by atoms with E-state index in [2.05, 4.69) is 299 Å². The van der Waals surface area contributed by atoms with E-state index in [1.54, 1.807) is 0 Å². The Hall–Kier alpha value is -10.2. The highest BCUT2D eigenvalue weighted by Gasteiger charge is 2.35. The van der Waals surface area contributed by atoms with Gasteiger partial charge in [0.05, 0.1) is 49.8 Å². The summed E-state index contributed by atoms with van der Waals surface area (Å²) in [6.07, 6.45) is 0. The van der Waals surface area contributed by atoms with E-state index in [-0.39, 0.29) is 5.41 Å². The maximum absolute atomic E-state index is 2.49. The number of fused-ring (bicyclic) bond motifs is 15. The molecule has 17 rings (SSSR count). The summed E-state index contributed by atoms with van der Waals surface area (Å²) in [7, 11) is 0. The van der Waals surface area contributed by atoms with Crippen LogP contribution in [0.1, 0.15) is 25.0 Å². The van der Waals surface area contributed by atoms with Gasteiger partial charge >= 0.3 is 0 Å². The largest absolute Gasteiger partial charge is 0.309 e. The SMILES string of the molecule is CC1(C)c2ccccc2-c2ccc(-n3c4ccccc4c4cc(-c5cc(-c6ccc7c(c6)c6ccccc6n7-c6cccc7c6c6ccccc6n7-c6ccccc6)cc(-n6c7ccccc7c7ccccc76)c5)ccc43)cc21. The fraction of sp³-hybridized carbons (Fsp3) is 0.0400. The molecular formula is C75H50N4. The van der Waals surface area contributed by atoms with Crippen LogP contribution >= 0.6 is 0 Å². The zero-order valence-electron chi connectivity index (χ0n) is 43.7. The van der Waals surface area contributed by atoms with Gasteiger partial charge in [-0.1, -0.05) is 172 Å². The summed E-state index contributed by atoms with van der Waals surface area (Å²) in [6.45, 7) is 4.73. The molecule has 4 nitrogen and oxygen atoms in total. The lowest BCUT2D eigenvalue weighted by Gasteiger charge is -2.22. The molecule has 16 aromatic rings. The van der Waals surface area contributed by atoms with Gasteiger partial charge in [0, 0.05) is 65.6 Å². The predicted molar refractivity (Wildman–Crippen MR) is 332 cm³/mol. The monoisotopic (exact) mass is 1010 g/mol. The second-order valence-electron chi connectivity index (χ2n) is 22.1. The van der Waals surface area contributed by atoms with Gasteiger partial charge in [-0.3, -0.25) is 0 Å². The van der Waals surface area contributed by atoms with Crippen molar-refractivity contribution in [3.63, 3.8) is 0 Å². The van der Waals surface area contributed by atoms with Gasteiger partial charge in [0.25, 0.3) is 0 Å². The first-order valence-corrected chi connectivity index (χ1v) is 27.5. The Morgan fingerprint density at radius 1 is 0.241 bits per heavy atom. The molecule has 79 heavy (non-hydrogen) atoms. The minimum absolute atomic E-state index is 0.103. The molecule has 12 aromatic carbocycles. The number of hydrogen-bond donors (Lipinski definition) is 0. The molecule has 4 heteroatoms. The van der Waals surface area contributed by atoms with Crippen LogP contribution in [-0.2, 0) is 5.41 Å². The van der Waals surface area contributed by atoms with Crippen LogP contribution < -0.4 is 0 Å². The molecule has 0 radical (unpaired) electrons.